The lowest BCUT2D eigenvalue weighted by atomic mass is 9.95. The van der Waals surface area contributed by atoms with Crippen LogP contribution in [0.1, 0.15) is 19.3 Å². The van der Waals surface area contributed by atoms with E-state index in [0.29, 0.717) is 18.2 Å². The zero-order chi connectivity index (χ0) is 7.68. The van der Waals surface area contributed by atoms with E-state index in [-0.39, 0.29) is 0 Å². The lowest BCUT2D eigenvalue weighted by Crippen LogP contribution is -2.37. The Morgan fingerprint density at radius 2 is 2.45 bits per heavy atom. The third kappa shape index (κ3) is 1.33. The maximum Gasteiger partial charge on any atom is 0.0733 e. The zero-order valence-electron chi connectivity index (χ0n) is 6.75. The minimum absolute atomic E-state index is 0.500. The molecule has 2 bridgehead atoms. The predicted octanol–water partition coefficient (Wildman–Crippen LogP) is 1.08. The van der Waals surface area contributed by atoms with Gasteiger partial charge in [0, 0.05) is 12.6 Å². The normalized spacial score (nSPS) is 41.3. The number of ether oxygens (including phenoxy) is 1. The average molecular weight is 153 g/mol. The topological polar surface area (TPSA) is 21.3 Å². The molecule has 2 heterocycles. The van der Waals surface area contributed by atoms with Gasteiger partial charge in [-0.2, -0.15) is 0 Å². The molecular weight excluding hydrogens is 138 g/mol. The molecule has 0 aromatic heterocycles. The zero-order valence-corrected chi connectivity index (χ0v) is 6.75. The van der Waals surface area contributed by atoms with E-state index in [2.05, 4.69) is 11.9 Å². The molecule has 2 fully saturated rings. The third-order valence-corrected chi connectivity index (χ3v) is 2.63. The molecule has 0 spiro atoms. The highest BCUT2D eigenvalue weighted by Crippen LogP contribution is 2.34. The molecule has 1 N–H and O–H groups in total. The molecule has 2 saturated heterocycles. The summed E-state index contributed by atoms with van der Waals surface area (Å²) < 4.78 is 5.69. The van der Waals surface area contributed by atoms with Gasteiger partial charge in [0.15, 0.2) is 0 Å². The van der Waals surface area contributed by atoms with E-state index in [1.54, 1.807) is 0 Å². The lowest BCUT2D eigenvalue weighted by Gasteiger charge is -2.18. The van der Waals surface area contributed by atoms with Gasteiger partial charge in [-0.1, -0.05) is 6.08 Å². The third-order valence-electron chi connectivity index (χ3n) is 2.63. The Morgan fingerprint density at radius 1 is 1.55 bits per heavy atom. The lowest BCUT2D eigenvalue weighted by molar-refractivity contribution is 0.0978. The minimum Gasteiger partial charge on any atom is -0.373 e. The van der Waals surface area contributed by atoms with Crippen LogP contribution in [0.3, 0.4) is 0 Å². The molecule has 0 aromatic carbocycles. The summed E-state index contributed by atoms with van der Waals surface area (Å²) in [5.41, 5.74) is 0. The van der Waals surface area contributed by atoms with Crippen LogP contribution in [0.25, 0.3) is 0 Å². The summed E-state index contributed by atoms with van der Waals surface area (Å²) in [5, 5.41) is 3.42. The van der Waals surface area contributed by atoms with E-state index in [0.717, 1.165) is 6.54 Å². The van der Waals surface area contributed by atoms with Crippen LogP contribution in [0.5, 0.6) is 0 Å². The van der Waals surface area contributed by atoms with Gasteiger partial charge in [-0.3, -0.25) is 0 Å². The van der Waals surface area contributed by atoms with Crippen molar-refractivity contribution in [1.82, 2.24) is 5.32 Å². The summed E-state index contributed by atoms with van der Waals surface area (Å²) in [7, 11) is 0. The Morgan fingerprint density at radius 3 is 3.00 bits per heavy atom. The highest BCUT2D eigenvalue weighted by Gasteiger charge is 2.39. The molecule has 62 valence electrons. The number of fused-ring (bicyclic) bond motifs is 2. The maximum atomic E-state index is 5.69. The van der Waals surface area contributed by atoms with Crippen molar-refractivity contribution >= 4 is 0 Å². The van der Waals surface area contributed by atoms with Crippen LogP contribution >= 0.6 is 0 Å². The molecule has 3 unspecified atom stereocenters. The number of rotatable bonds is 3. The Balaban J connectivity index is 1.83. The molecule has 11 heavy (non-hydrogen) atoms. The summed E-state index contributed by atoms with van der Waals surface area (Å²) in [4.78, 5) is 0. The molecular formula is C9H15NO. The highest BCUT2D eigenvalue weighted by molar-refractivity contribution is 4.94. The molecule has 2 heteroatoms. The molecule has 0 radical (unpaired) electrons. The van der Waals surface area contributed by atoms with Gasteiger partial charge in [0.1, 0.15) is 0 Å². The fourth-order valence-corrected chi connectivity index (χ4v) is 2.09. The molecule has 2 rings (SSSR count). The quantitative estimate of drug-likeness (QED) is 0.613. The number of hydrogen-bond acceptors (Lipinski definition) is 2. The van der Waals surface area contributed by atoms with Crippen molar-refractivity contribution in [2.24, 2.45) is 0 Å². The largest absolute Gasteiger partial charge is 0.373 e. The Hall–Kier alpha value is -0.340. The van der Waals surface area contributed by atoms with Gasteiger partial charge in [0.05, 0.1) is 12.2 Å². The fraction of sp³-hybridized carbons (Fsp3) is 0.778. The van der Waals surface area contributed by atoms with Gasteiger partial charge in [-0.15, -0.1) is 6.58 Å². The number of hydrogen-bond donors (Lipinski definition) is 1. The summed E-state index contributed by atoms with van der Waals surface area (Å²) in [5.74, 6) is 0. The molecule has 2 aliphatic heterocycles. The predicted molar refractivity (Wildman–Crippen MR) is 44.5 cm³/mol. The van der Waals surface area contributed by atoms with Crippen molar-refractivity contribution in [3.05, 3.63) is 12.7 Å². The minimum atomic E-state index is 0.500. The van der Waals surface area contributed by atoms with E-state index in [1.807, 2.05) is 6.08 Å². The van der Waals surface area contributed by atoms with E-state index in [4.69, 9.17) is 4.74 Å². The van der Waals surface area contributed by atoms with Gasteiger partial charge in [-0.05, 0) is 19.3 Å². The van der Waals surface area contributed by atoms with Crippen LogP contribution in [0, 0.1) is 0 Å². The molecule has 0 amide bonds. The Kier molecular flexibility index (Phi) is 1.96. The summed E-state index contributed by atoms with van der Waals surface area (Å²) in [6.07, 6.45) is 6.70. The van der Waals surface area contributed by atoms with Gasteiger partial charge >= 0.3 is 0 Å². The van der Waals surface area contributed by atoms with Crippen molar-refractivity contribution in [3.8, 4) is 0 Å². The molecule has 0 saturated carbocycles. The SMILES string of the molecule is C=CCNC1CC2CCC1O2. The van der Waals surface area contributed by atoms with Gasteiger partial charge < -0.3 is 10.1 Å². The second-order valence-corrected chi connectivity index (χ2v) is 3.41. The standard InChI is InChI=1S/C9H15NO/c1-2-5-10-8-6-7-3-4-9(8)11-7/h2,7-10H,1,3-6H2. The van der Waals surface area contributed by atoms with Crippen molar-refractivity contribution < 1.29 is 4.74 Å². The average Bonchev–Trinajstić information content (AvgIpc) is 2.60. The first-order chi connectivity index (χ1) is 5.40. The molecule has 0 aliphatic carbocycles. The first-order valence-corrected chi connectivity index (χ1v) is 4.40. The van der Waals surface area contributed by atoms with Gasteiger partial charge in [-0.25, -0.2) is 0 Å². The fourth-order valence-electron chi connectivity index (χ4n) is 2.09. The Labute approximate surface area is 67.6 Å². The van der Waals surface area contributed by atoms with Crippen molar-refractivity contribution in [1.29, 1.82) is 0 Å². The van der Waals surface area contributed by atoms with Crippen LogP contribution in [0.4, 0.5) is 0 Å². The molecule has 3 atom stereocenters. The Bertz CT molecular complexity index is 158. The van der Waals surface area contributed by atoms with E-state index < -0.39 is 0 Å². The van der Waals surface area contributed by atoms with Crippen LogP contribution in [-0.2, 0) is 4.74 Å². The van der Waals surface area contributed by atoms with E-state index in [9.17, 15) is 0 Å². The van der Waals surface area contributed by atoms with Crippen molar-refractivity contribution in [2.75, 3.05) is 6.54 Å². The second-order valence-electron chi connectivity index (χ2n) is 3.41. The molecule has 2 aliphatic rings. The second kappa shape index (κ2) is 2.95. The highest BCUT2D eigenvalue weighted by atomic mass is 16.5. The first kappa shape index (κ1) is 7.32. The van der Waals surface area contributed by atoms with E-state index >= 15 is 0 Å². The number of nitrogens with one attached hydrogen (secondary N) is 1. The monoisotopic (exact) mass is 153 g/mol. The van der Waals surface area contributed by atoms with Crippen LogP contribution in [0.2, 0.25) is 0 Å². The van der Waals surface area contributed by atoms with Crippen LogP contribution in [0.15, 0.2) is 12.7 Å². The van der Waals surface area contributed by atoms with Crippen LogP contribution in [-0.4, -0.2) is 24.8 Å². The van der Waals surface area contributed by atoms with E-state index in [1.165, 1.54) is 19.3 Å². The summed E-state index contributed by atoms with van der Waals surface area (Å²) >= 11 is 0. The van der Waals surface area contributed by atoms with Gasteiger partial charge in [0.25, 0.3) is 0 Å². The van der Waals surface area contributed by atoms with Crippen LogP contribution < -0.4 is 5.32 Å². The van der Waals surface area contributed by atoms with Crippen molar-refractivity contribution in [3.63, 3.8) is 0 Å². The smallest absolute Gasteiger partial charge is 0.0733 e. The molecule has 2 nitrogen and oxygen atoms in total. The molecule has 0 aromatic rings. The van der Waals surface area contributed by atoms with Gasteiger partial charge in [0.2, 0.25) is 0 Å². The summed E-state index contributed by atoms with van der Waals surface area (Å²) in [6.45, 7) is 4.59. The van der Waals surface area contributed by atoms with Crippen molar-refractivity contribution in [2.45, 2.75) is 37.5 Å². The first-order valence-electron chi connectivity index (χ1n) is 4.40. The summed E-state index contributed by atoms with van der Waals surface area (Å²) in [6, 6.07) is 0.603. The maximum absolute atomic E-state index is 5.69.